The Morgan fingerprint density at radius 3 is 2.47 bits per heavy atom. The number of rotatable bonds is 4. The molecule has 104 valence electrons. The van der Waals surface area contributed by atoms with E-state index in [0.717, 1.165) is 5.57 Å². The van der Waals surface area contributed by atoms with E-state index in [1.54, 1.807) is 20.0 Å². The van der Waals surface area contributed by atoms with Gasteiger partial charge in [0, 0.05) is 34.3 Å². The van der Waals surface area contributed by atoms with Crippen molar-refractivity contribution in [3.05, 3.63) is 40.4 Å². The quantitative estimate of drug-likeness (QED) is 0.608. The van der Waals surface area contributed by atoms with E-state index < -0.39 is 9.05 Å². The summed E-state index contributed by atoms with van der Waals surface area (Å²) >= 11 is 3.16. The highest BCUT2D eigenvalue weighted by Gasteiger charge is 2.17. The maximum absolute atomic E-state index is 12.1. The maximum atomic E-state index is 12.1. The lowest BCUT2D eigenvalue weighted by Gasteiger charge is -2.17. The van der Waals surface area contributed by atoms with E-state index in [0.29, 0.717) is 11.0 Å². The Kier molecular flexibility index (Phi) is 5.18. The van der Waals surface area contributed by atoms with Crippen LogP contribution >= 0.6 is 26.6 Å². The standard InChI is InChI=1S/C12H13BrClNO3S/c1-8(2)7-15(3)12(16)9-4-10(13)6-11(5-9)19(14,17)18/h4-6H,1,7H2,2-3H3. The Hall–Kier alpha value is -0.850. The Morgan fingerprint density at radius 2 is 2.00 bits per heavy atom. The van der Waals surface area contributed by atoms with Gasteiger partial charge in [0.15, 0.2) is 0 Å². The van der Waals surface area contributed by atoms with E-state index in [1.165, 1.54) is 17.0 Å². The van der Waals surface area contributed by atoms with Gasteiger partial charge in [0.25, 0.3) is 15.0 Å². The molecule has 0 saturated carbocycles. The SMILES string of the molecule is C=C(C)CN(C)C(=O)c1cc(Br)cc(S(=O)(=O)Cl)c1. The molecule has 0 spiro atoms. The smallest absolute Gasteiger partial charge is 0.261 e. The average Bonchev–Trinajstić information content (AvgIpc) is 2.25. The molecule has 1 amide bonds. The van der Waals surface area contributed by atoms with Crippen LogP contribution in [0.15, 0.2) is 39.7 Å². The van der Waals surface area contributed by atoms with Crippen LogP contribution in [-0.2, 0) is 9.05 Å². The fraction of sp³-hybridized carbons (Fsp3) is 0.250. The van der Waals surface area contributed by atoms with E-state index in [2.05, 4.69) is 22.5 Å². The summed E-state index contributed by atoms with van der Waals surface area (Å²) in [6.45, 7) is 5.93. The van der Waals surface area contributed by atoms with Crippen LogP contribution in [0.5, 0.6) is 0 Å². The first-order valence-electron chi connectivity index (χ1n) is 5.26. The van der Waals surface area contributed by atoms with Crippen molar-refractivity contribution < 1.29 is 13.2 Å². The van der Waals surface area contributed by atoms with Gasteiger partial charge in [-0.2, -0.15) is 0 Å². The van der Waals surface area contributed by atoms with Crippen molar-refractivity contribution in [3.63, 3.8) is 0 Å². The fourth-order valence-electron chi connectivity index (χ4n) is 1.52. The van der Waals surface area contributed by atoms with E-state index in [4.69, 9.17) is 10.7 Å². The molecule has 0 saturated heterocycles. The number of amides is 1. The number of likely N-dealkylation sites (N-methyl/N-ethyl adjacent to an activating group) is 1. The van der Waals surface area contributed by atoms with Crippen molar-refractivity contribution in [2.24, 2.45) is 0 Å². The van der Waals surface area contributed by atoms with Crippen LogP contribution in [-0.4, -0.2) is 32.8 Å². The predicted molar refractivity (Wildman–Crippen MR) is 79.0 cm³/mol. The van der Waals surface area contributed by atoms with Crippen molar-refractivity contribution in [1.29, 1.82) is 0 Å². The monoisotopic (exact) mass is 365 g/mol. The number of benzene rings is 1. The number of halogens is 2. The summed E-state index contributed by atoms with van der Waals surface area (Å²) in [7, 11) is 3.03. The highest BCUT2D eigenvalue weighted by molar-refractivity contribution is 9.10. The zero-order valence-electron chi connectivity index (χ0n) is 10.5. The second-order valence-corrected chi connectivity index (χ2v) is 7.71. The topological polar surface area (TPSA) is 54.5 Å². The molecule has 7 heteroatoms. The summed E-state index contributed by atoms with van der Waals surface area (Å²) in [5.74, 6) is -0.300. The van der Waals surface area contributed by atoms with Gasteiger partial charge in [-0.05, 0) is 25.1 Å². The maximum Gasteiger partial charge on any atom is 0.261 e. The number of carbonyl (C=O) groups is 1. The first-order valence-corrected chi connectivity index (χ1v) is 8.36. The van der Waals surface area contributed by atoms with E-state index >= 15 is 0 Å². The molecule has 0 aliphatic carbocycles. The van der Waals surface area contributed by atoms with Gasteiger partial charge in [-0.15, -0.1) is 0 Å². The minimum absolute atomic E-state index is 0.115. The highest BCUT2D eigenvalue weighted by atomic mass is 79.9. The Labute approximate surface area is 125 Å². The molecule has 0 N–H and O–H groups in total. The van der Waals surface area contributed by atoms with Gasteiger partial charge in [-0.25, -0.2) is 8.42 Å². The van der Waals surface area contributed by atoms with Gasteiger partial charge < -0.3 is 4.90 Å². The number of carbonyl (C=O) groups excluding carboxylic acids is 1. The van der Waals surface area contributed by atoms with Crippen LogP contribution in [0.2, 0.25) is 0 Å². The minimum atomic E-state index is -3.88. The number of hydrogen-bond acceptors (Lipinski definition) is 3. The molecule has 0 atom stereocenters. The van der Waals surface area contributed by atoms with E-state index in [9.17, 15) is 13.2 Å². The second-order valence-electron chi connectivity index (χ2n) is 4.23. The van der Waals surface area contributed by atoms with Gasteiger partial charge in [0.2, 0.25) is 0 Å². The Bertz CT molecular complexity index is 628. The van der Waals surface area contributed by atoms with Crippen LogP contribution in [0.25, 0.3) is 0 Å². The molecule has 4 nitrogen and oxygen atoms in total. The summed E-state index contributed by atoms with van der Waals surface area (Å²) in [6, 6.07) is 4.14. The lowest BCUT2D eigenvalue weighted by molar-refractivity contribution is 0.0806. The third-order valence-electron chi connectivity index (χ3n) is 2.25. The van der Waals surface area contributed by atoms with Crippen LogP contribution in [0.3, 0.4) is 0 Å². The van der Waals surface area contributed by atoms with Gasteiger partial charge >= 0.3 is 0 Å². The normalized spacial score (nSPS) is 11.2. The summed E-state index contributed by atoms with van der Waals surface area (Å²) in [5.41, 5.74) is 1.08. The summed E-state index contributed by atoms with van der Waals surface area (Å²) < 4.78 is 23.1. The third kappa shape index (κ3) is 4.63. The van der Waals surface area contributed by atoms with Crippen LogP contribution in [0.4, 0.5) is 0 Å². The molecule has 0 radical (unpaired) electrons. The van der Waals surface area contributed by atoms with E-state index in [1.807, 2.05) is 0 Å². The van der Waals surface area contributed by atoms with Crippen LogP contribution in [0, 0.1) is 0 Å². The largest absolute Gasteiger partial charge is 0.338 e. The zero-order chi connectivity index (χ0) is 14.8. The van der Waals surface area contributed by atoms with Crippen molar-refractivity contribution >= 4 is 41.6 Å². The van der Waals surface area contributed by atoms with Gasteiger partial charge in [-0.3, -0.25) is 4.79 Å². The molecule has 0 heterocycles. The predicted octanol–water partition coefficient (Wildman–Crippen LogP) is 3.02. The molecule has 1 aromatic carbocycles. The molecular weight excluding hydrogens is 354 g/mol. The molecule has 0 bridgehead atoms. The number of nitrogens with zero attached hydrogens (tertiary/aromatic N) is 1. The number of hydrogen-bond donors (Lipinski definition) is 0. The summed E-state index contributed by atoms with van der Waals surface area (Å²) in [6.07, 6.45) is 0. The fourth-order valence-corrected chi connectivity index (χ4v) is 2.97. The van der Waals surface area contributed by atoms with Crippen LogP contribution < -0.4 is 0 Å². The molecule has 1 rings (SSSR count). The van der Waals surface area contributed by atoms with Crippen molar-refractivity contribution in [2.45, 2.75) is 11.8 Å². The zero-order valence-corrected chi connectivity index (χ0v) is 13.6. The Morgan fingerprint density at radius 1 is 1.42 bits per heavy atom. The summed E-state index contributed by atoms with van der Waals surface area (Å²) in [5, 5.41) is 0. The molecule has 1 aromatic rings. The average molecular weight is 367 g/mol. The molecular formula is C12H13BrClNO3S. The summed E-state index contributed by atoms with van der Waals surface area (Å²) in [4.78, 5) is 13.5. The van der Waals surface area contributed by atoms with Gasteiger partial charge in [0.1, 0.15) is 0 Å². The molecule has 0 aliphatic heterocycles. The highest BCUT2D eigenvalue weighted by Crippen LogP contribution is 2.23. The Balaban J connectivity index is 3.18. The minimum Gasteiger partial charge on any atom is -0.338 e. The first-order chi connectivity index (χ1) is 8.61. The molecule has 0 aliphatic rings. The van der Waals surface area contributed by atoms with Gasteiger partial charge in [-0.1, -0.05) is 28.1 Å². The molecule has 0 unspecified atom stereocenters. The molecule has 0 fully saturated rings. The second kappa shape index (κ2) is 6.07. The first kappa shape index (κ1) is 16.2. The van der Waals surface area contributed by atoms with Crippen molar-refractivity contribution in [2.75, 3.05) is 13.6 Å². The van der Waals surface area contributed by atoms with Gasteiger partial charge in [0.05, 0.1) is 4.90 Å². The van der Waals surface area contributed by atoms with Crippen molar-refractivity contribution in [1.82, 2.24) is 4.90 Å². The van der Waals surface area contributed by atoms with Crippen molar-refractivity contribution in [3.8, 4) is 0 Å². The third-order valence-corrected chi connectivity index (χ3v) is 4.04. The van der Waals surface area contributed by atoms with E-state index in [-0.39, 0.29) is 16.4 Å². The lowest BCUT2D eigenvalue weighted by Crippen LogP contribution is -2.28. The van der Waals surface area contributed by atoms with Crippen LogP contribution in [0.1, 0.15) is 17.3 Å². The lowest BCUT2D eigenvalue weighted by atomic mass is 10.2. The molecule has 0 aromatic heterocycles. The molecule has 19 heavy (non-hydrogen) atoms.